The molecule has 7 nitrogen and oxygen atoms in total. The van der Waals surface area contributed by atoms with Gasteiger partial charge in [-0.1, -0.05) is 23.7 Å². The van der Waals surface area contributed by atoms with Gasteiger partial charge >= 0.3 is 0 Å². The van der Waals surface area contributed by atoms with Crippen molar-refractivity contribution in [3.8, 4) is 5.75 Å². The number of aromatic hydroxyl groups is 1. The van der Waals surface area contributed by atoms with Gasteiger partial charge in [-0.2, -0.15) is 0 Å². The zero-order valence-electron chi connectivity index (χ0n) is 16.9. The fraction of sp³-hybridized carbons (Fsp3) is 0.381. The van der Waals surface area contributed by atoms with Gasteiger partial charge in [0.1, 0.15) is 11.4 Å². The van der Waals surface area contributed by atoms with Crippen LogP contribution in [-0.4, -0.2) is 44.9 Å². The van der Waals surface area contributed by atoms with E-state index < -0.39 is 70.9 Å². The summed E-state index contributed by atoms with van der Waals surface area (Å²) in [6.45, 7) is 1.43. The van der Waals surface area contributed by atoms with Crippen molar-refractivity contribution in [1.82, 2.24) is 14.8 Å². The summed E-state index contributed by atoms with van der Waals surface area (Å²) < 4.78 is 43.5. The number of nitrogens with one attached hydrogen (secondary N) is 1. The Morgan fingerprint density at radius 2 is 1.97 bits per heavy atom. The molecule has 2 atom stereocenters. The summed E-state index contributed by atoms with van der Waals surface area (Å²) in [5.74, 6) is -6.47. The summed E-state index contributed by atoms with van der Waals surface area (Å²) >= 11 is 5.71. The molecule has 1 aliphatic carbocycles. The minimum Gasteiger partial charge on any atom is -0.503 e. The third-order valence-corrected chi connectivity index (χ3v) is 6.24. The van der Waals surface area contributed by atoms with Gasteiger partial charge in [0.05, 0.1) is 17.1 Å². The maximum atomic E-state index is 14.2. The van der Waals surface area contributed by atoms with Crippen molar-refractivity contribution in [2.24, 2.45) is 0 Å². The predicted octanol–water partition coefficient (Wildman–Crippen LogP) is 3.09. The molecule has 0 spiro atoms. The second-order valence-corrected chi connectivity index (χ2v) is 8.27. The van der Waals surface area contributed by atoms with Crippen LogP contribution >= 0.6 is 11.6 Å². The number of hydrogen-bond donors (Lipinski definition) is 2. The second-order valence-electron chi connectivity index (χ2n) is 7.86. The van der Waals surface area contributed by atoms with Crippen LogP contribution in [0.25, 0.3) is 0 Å². The lowest BCUT2D eigenvalue weighted by atomic mass is 10.0. The first kappa shape index (κ1) is 22.2. The number of amides is 2. The molecule has 2 aliphatic rings. The van der Waals surface area contributed by atoms with Gasteiger partial charge in [0.15, 0.2) is 11.4 Å². The average Bonchev–Trinajstić information content (AvgIpc) is 3.06. The number of nitrogens with zero attached hydrogens (tertiary/aromatic N) is 2. The summed E-state index contributed by atoms with van der Waals surface area (Å²) in [5, 5.41) is 12.7. The third-order valence-electron chi connectivity index (χ3n) is 5.95. The molecule has 0 radical (unpaired) electrons. The first-order valence-corrected chi connectivity index (χ1v) is 10.3. The maximum Gasteiger partial charge on any atom is 0.274 e. The molecule has 1 aromatic heterocycles. The lowest BCUT2D eigenvalue weighted by Crippen LogP contribution is -2.50. The van der Waals surface area contributed by atoms with Crippen molar-refractivity contribution in [3.63, 3.8) is 0 Å². The van der Waals surface area contributed by atoms with Crippen LogP contribution in [0.4, 0.5) is 13.2 Å². The van der Waals surface area contributed by atoms with Crippen molar-refractivity contribution in [3.05, 3.63) is 62.3 Å². The van der Waals surface area contributed by atoms with Crippen molar-refractivity contribution in [2.75, 3.05) is 6.54 Å². The highest BCUT2D eigenvalue weighted by atomic mass is 35.5. The van der Waals surface area contributed by atoms with Crippen molar-refractivity contribution in [2.45, 2.75) is 44.3 Å². The predicted molar refractivity (Wildman–Crippen MR) is 109 cm³/mol. The molecule has 1 fully saturated rings. The van der Waals surface area contributed by atoms with Gasteiger partial charge in [-0.05, 0) is 13.0 Å². The Hall–Kier alpha value is -3.01. The highest BCUT2D eigenvalue weighted by Gasteiger charge is 2.54. The molecular weight excluding hydrogens is 451 g/mol. The normalized spacial score (nSPS) is 21.3. The number of benzene rings is 1. The standard InChI is InChI=1S/C21H19ClF3N3O4/c1-2-27-13-6-21(24,25)7-14(13)28-9-11(17(29)18(30)16(28)20(27)32)19(31)26-8-10-4-3-5-12(22)15(10)23/h3-5,9,13-14,30H,2,6-8H2,1H3,(H,26,31)/t13-,14+/m1/s1. The van der Waals surface area contributed by atoms with Crippen molar-refractivity contribution in [1.29, 1.82) is 0 Å². The Balaban J connectivity index is 1.72. The largest absolute Gasteiger partial charge is 0.503 e. The fourth-order valence-corrected chi connectivity index (χ4v) is 4.64. The molecule has 2 amide bonds. The van der Waals surface area contributed by atoms with Crippen LogP contribution in [-0.2, 0) is 6.54 Å². The van der Waals surface area contributed by atoms with Crippen molar-refractivity contribution >= 4 is 23.4 Å². The van der Waals surface area contributed by atoms with Crippen LogP contribution in [0.15, 0.2) is 29.2 Å². The minimum absolute atomic E-state index is 0.0670. The van der Waals surface area contributed by atoms with E-state index >= 15 is 0 Å². The number of rotatable bonds is 4. The van der Waals surface area contributed by atoms with Gasteiger partial charge in [-0.15, -0.1) is 0 Å². The van der Waals surface area contributed by atoms with E-state index in [0.717, 1.165) is 10.8 Å². The number of alkyl halides is 2. The molecule has 32 heavy (non-hydrogen) atoms. The number of fused-ring (bicyclic) bond motifs is 3. The van der Waals surface area contributed by atoms with Crippen molar-refractivity contribution < 1.29 is 27.9 Å². The van der Waals surface area contributed by atoms with Gasteiger partial charge in [-0.3, -0.25) is 14.4 Å². The Morgan fingerprint density at radius 1 is 1.28 bits per heavy atom. The smallest absolute Gasteiger partial charge is 0.274 e. The third kappa shape index (κ3) is 3.52. The quantitative estimate of drug-likeness (QED) is 0.720. The number of likely N-dealkylation sites (N-methyl/N-ethyl adjacent to an activating group) is 1. The molecule has 170 valence electrons. The number of halogens is 4. The van der Waals surface area contributed by atoms with E-state index in [1.807, 2.05) is 0 Å². The number of carbonyl (C=O) groups excluding carboxylic acids is 2. The number of pyridine rings is 1. The molecule has 11 heteroatoms. The van der Waals surface area contributed by atoms with Crippen LogP contribution in [0, 0.1) is 5.82 Å². The van der Waals surface area contributed by atoms with Gasteiger partial charge in [0.25, 0.3) is 17.7 Å². The first-order chi connectivity index (χ1) is 15.1. The molecule has 1 aliphatic heterocycles. The van der Waals surface area contributed by atoms with E-state index in [2.05, 4.69) is 5.32 Å². The Kier molecular flexibility index (Phi) is 5.44. The lowest BCUT2D eigenvalue weighted by molar-refractivity contribution is 0.00126. The van der Waals surface area contributed by atoms with E-state index in [1.54, 1.807) is 6.92 Å². The molecule has 1 saturated carbocycles. The highest BCUT2D eigenvalue weighted by molar-refractivity contribution is 6.30. The van der Waals surface area contributed by atoms with Gasteiger partial charge < -0.3 is 19.9 Å². The first-order valence-electron chi connectivity index (χ1n) is 9.93. The van der Waals surface area contributed by atoms with Crippen LogP contribution in [0.5, 0.6) is 5.75 Å². The minimum atomic E-state index is -3.05. The lowest BCUT2D eigenvalue weighted by Gasteiger charge is -2.39. The van der Waals surface area contributed by atoms with Crippen LogP contribution in [0.1, 0.15) is 52.2 Å². The molecule has 0 bridgehead atoms. The van der Waals surface area contributed by atoms with E-state index in [-0.39, 0.29) is 23.7 Å². The Labute approximate surface area is 185 Å². The number of carbonyl (C=O) groups is 2. The molecule has 2 N–H and O–H groups in total. The summed E-state index contributed by atoms with van der Waals surface area (Å²) in [6, 6.07) is 2.45. The molecule has 0 saturated heterocycles. The molecule has 0 unspecified atom stereocenters. The summed E-state index contributed by atoms with van der Waals surface area (Å²) in [5.41, 5.74) is -2.01. The molecule has 2 aromatic rings. The van der Waals surface area contributed by atoms with Crippen LogP contribution in [0.2, 0.25) is 5.02 Å². The van der Waals surface area contributed by atoms with E-state index in [9.17, 15) is 32.7 Å². The second kappa shape index (κ2) is 7.84. The Bertz CT molecular complexity index is 1180. The monoisotopic (exact) mass is 469 g/mol. The van der Waals surface area contributed by atoms with Gasteiger partial charge in [-0.25, -0.2) is 13.2 Å². The Morgan fingerprint density at radius 3 is 2.66 bits per heavy atom. The van der Waals surface area contributed by atoms with E-state index in [1.165, 1.54) is 23.1 Å². The highest BCUT2D eigenvalue weighted by Crippen LogP contribution is 2.47. The SMILES string of the molecule is CCN1C(=O)c2c(O)c(=O)c(C(=O)NCc3cccc(Cl)c3F)cn2[C@H]2CC(F)(F)C[C@H]21. The molecular formula is C21H19ClF3N3O4. The fourth-order valence-electron chi connectivity index (χ4n) is 4.44. The van der Waals surface area contributed by atoms with E-state index in [4.69, 9.17) is 11.6 Å². The number of hydrogen-bond acceptors (Lipinski definition) is 4. The molecule has 2 heterocycles. The molecule has 1 aromatic carbocycles. The van der Waals surface area contributed by atoms with Crippen LogP contribution < -0.4 is 10.7 Å². The number of aromatic nitrogens is 1. The zero-order chi connectivity index (χ0) is 23.4. The zero-order valence-corrected chi connectivity index (χ0v) is 17.6. The van der Waals surface area contributed by atoms with Gasteiger partial charge in [0.2, 0.25) is 5.43 Å². The van der Waals surface area contributed by atoms with Crippen LogP contribution in [0.3, 0.4) is 0 Å². The summed E-state index contributed by atoms with van der Waals surface area (Å²) in [4.78, 5) is 39.3. The molecule has 4 rings (SSSR count). The van der Waals surface area contributed by atoms with Gasteiger partial charge in [0, 0.05) is 37.7 Å². The summed E-state index contributed by atoms with van der Waals surface area (Å²) in [6.07, 6.45) is -0.143. The maximum absolute atomic E-state index is 14.2. The van der Waals surface area contributed by atoms with E-state index in [0.29, 0.717) is 0 Å². The summed E-state index contributed by atoms with van der Waals surface area (Å²) in [7, 11) is 0. The average molecular weight is 470 g/mol. The topological polar surface area (TPSA) is 91.6 Å².